The zero-order chi connectivity index (χ0) is 22.1. The Morgan fingerprint density at radius 2 is 1.81 bits per heavy atom. The first-order chi connectivity index (χ1) is 15.6. The predicted octanol–water partition coefficient (Wildman–Crippen LogP) is 3.91. The van der Waals surface area contributed by atoms with Crippen molar-refractivity contribution in [3.63, 3.8) is 0 Å². The number of pyridine rings is 1. The van der Waals surface area contributed by atoms with Crippen molar-refractivity contribution in [2.75, 3.05) is 5.75 Å². The number of nitrogens with one attached hydrogen (secondary N) is 1. The van der Waals surface area contributed by atoms with Crippen LogP contribution in [0.25, 0.3) is 27.8 Å². The fourth-order valence-electron chi connectivity index (χ4n) is 3.82. The van der Waals surface area contributed by atoms with Gasteiger partial charge in [0, 0.05) is 18.5 Å². The SMILES string of the molecule is Cc1cccnc1-n1c(SCCCn2c(=O)[nH]c3ccccc32)nc2ccccc2c1=O. The number of H-pyrrole nitrogens is 1. The van der Waals surface area contributed by atoms with Gasteiger partial charge < -0.3 is 4.98 Å². The molecule has 5 rings (SSSR count). The molecule has 0 bridgehead atoms. The summed E-state index contributed by atoms with van der Waals surface area (Å²) in [7, 11) is 0. The molecule has 5 aromatic rings. The Morgan fingerprint density at radius 3 is 2.69 bits per heavy atom. The van der Waals surface area contributed by atoms with E-state index in [-0.39, 0.29) is 11.2 Å². The van der Waals surface area contributed by atoms with Gasteiger partial charge in [-0.15, -0.1) is 0 Å². The monoisotopic (exact) mass is 443 g/mol. The van der Waals surface area contributed by atoms with Gasteiger partial charge in [0.1, 0.15) is 5.82 Å². The van der Waals surface area contributed by atoms with E-state index < -0.39 is 0 Å². The zero-order valence-electron chi connectivity index (χ0n) is 17.5. The Hall–Kier alpha value is -3.65. The van der Waals surface area contributed by atoms with Crippen molar-refractivity contribution in [3.05, 3.63) is 93.3 Å². The number of aromatic amines is 1. The van der Waals surface area contributed by atoms with Gasteiger partial charge in [0.2, 0.25) is 0 Å². The third-order valence-corrected chi connectivity index (χ3v) is 6.40. The number of rotatable bonds is 6. The molecule has 0 fully saturated rings. The highest BCUT2D eigenvalue weighted by atomic mass is 32.2. The Bertz CT molecular complexity index is 1550. The van der Waals surface area contributed by atoms with E-state index >= 15 is 0 Å². The molecule has 8 heteroatoms. The minimum absolute atomic E-state index is 0.110. The molecule has 0 aliphatic carbocycles. The highest BCUT2D eigenvalue weighted by molar-refractivity contribution is 7.99. The molecule has 1 N–H and O–H groups in total. The summed E-state index contributed by atoms with van der Waals surface area (Å²) in [6.07, 6.45) is 2.43. The lowest BCUT2D eigenvalue weighted by molar-refractivity contribution is 0.678. The second-order valence-corrected chi connectivity index (χ2v) is 8.56. The number of hydrogen-bond acceptors (Lipinski definition) is 5. The zero-order valence-corrected chi connectivity index (χ0v) is 18.3. The fourth-order valence-corrected chi connectivity index (χ4v) is 4.74. The summed E-state index contributed by atoms with van der Waals surface area (Å²) in [4.78, 5) is 37.7. The maximum atomic E-state index is 13.3. The van der Waals surface area contributed by atoms with Crippen LogP contribution in [0.3, 0.4) is 0 Å². The molecular weight excluding hydrogens is 422 g/mol. The molecule has 0 saturated carbocycles. The number of imidazole rings is 1. The Labute approximate surface area is 187 Å². The standard InChI is InChI=1S/C24H21N5O2S/c1-16-8-6-13-25-21(16)29-22(30)17-9-2-3-10-18(17)27-24(29)32-15-7-14-28-20-12-5-4-11-19(20)26-23(28)31/h2-6,8-13H,7,14-15H2,1H3,(H,26,31). The van der Waals surface area contributed by atoms with E-state index in [0.717, 1.165) is 23.0 Å². The van der Waals surface area contributed by atoms with Crippen LogP contribution in [0, 0.1) is 6.92 Å². The van der Waals surface area contributed by atoms with E-state index in [4.69, 9.17) is 4.98 Å². The van der Waals surface area contributed by atoms with E-state index in [1.165, 1.54) is 11.8 Å². The number of fused-ring (bicyclic) bond motifs is 2. The number of para-hydroxylation sites is 3. The molecule has 2 aromatic carbocycles. The van der Waals surface area contributed by atoms with Gasteiger partial charge in [0.25, 0.3) is 5.56 Å². The van der Waals surface area contributed by atoms with Gasteiger partial charge in [0.05, 0.1) is 21.9 Å². The first-order valence-electron chi connectivity index (χ1n) is 10.4. The van der Waals surface area contributed by atoms with Crippen LogP contribution in [0.5, 0.6) is 0 Å². The number of hydrogen-bond donors (Lipinski definition) is 1. The molecule has 0 aliphatic rings. The van der Waals surface area contributed by atoms with Crippen molar-refractivity contribution in [1.82, 2.24) is 24.1 Å². The van der Waals surface area contributed by atoms with Crippen molar-refractivity contribution >= 4 is 33.7 Å². The summed E-state index contributed by atoms with van der Waals surface area (Å²) in [5, 5.41) is 1.16. The summed E-state index contributed by atoms with van der Waals surface area (Å²) < 4.78 is 3.35. The first-order valence-corrected chi connectivity index (χ1v) is 11.4. The minimum Gasteiger partial charge on any atom is -0.306 e. The van der Waals surface area contributed by atoms with Crippen molar-refractivity contribution in [1.29, 1.82) is 0 Å². The number of thioether (sulfide) groups is 1. The summed E-state index contributed by atoms with van der Waals surface area (Å²) in [6, 6.07) is 18.8. The molecular formula is C24H21N5O2S. The van der Waals surface area contributed by atoms with Gasteiger partial charge in [-0.2, -0.15) is 0 Å². The summed E-state index contributed by atoms with van der Waals surface area (Å²) in [6.45, 7) is 2.51. The summed E-state index contributed by atoms with van der Waals surface area (Å²) in [5.74, 6) is 1.29. The van der Waals surface area contributed by atoms with Gasteiger partial charge in [-0.05, 0) is 49.2 Å². The van der Waals surface area contributed by atoms with Gasteiger partial charge >= 0.3 is 5.69 Å². The van der Waals surface area contributed by atoms with Crippen LogP contribution in [0.2, 0.25) is 0 Å². The Kier molecular flexibility index (Phi) is 5.36. The molecule has 3 heterocycles. The lowest BCUT2D eigenvalue weighted by atomic mass is 10.2. The van der Waals surface area contributed by atoms with Gasteiger partial charge in [-0.25, -0.2) is 19.3 Å². The van der Waals surface area contributed by atoms with Crippen LogP contribution in [0.4, 0.5) is 0 Å². The lowest BCUT2D eigenvalue weighted by Gasteiger charge is -2.14. The van der Waals surface area contributed by atoms with Gasteiger partial charge in [0.15, 0.2) is 5.16 Å². The highest BCUT2D eigenvalue weighted by Gasteiger charge is 2.15. The van der Waals surface area contributed by atoms with E-state index in [2.05, 4.69) is 9.97 Å². The van der Waals surface area contributed by atoms with Crippen LogP contribution in [0.15, 0.2) is 81.6 Å². The van der Waals surface area contributed by atoms with Crippen LogP contribution in [-0.4, -0.2) is 29.8 Å². The average Bonchev–Trinajstić information content (AvgIpc) is 3.13. The van der Waals surface area contributed by atoms with Crippen molar-refractivity contribution in [2.24, 2.45) is 0 Å². The molecule has 0 amide bonds. The molecule has 0 atom stereocenters. The number of benzene rings is 2. The lowest BCUT2D eigenvalue weighted by Crippen LogP contribution is -2.23. The molecule has 0 aliphatic heterocycles. The average molecular weight is 444 g/mol. The third kappa shape index (κ3) is 3.62. The van der Waals surface area contributed by atoms with E-state index in [1.54, 1.807) is 21.4 Å². The van der Waals surface area contributed by atoms with E-state index in [0.29, 0.717) is 34.2 Å². The molecule has 0 radical (unpaired) electrons. The molecule has 3 aromatic heterocycles. The minimum atomic E-state index is -0.132. The van der Waals surface area contributed by atoms with Crippen molar-refractivity contribution in [3.8, 4) is 5.82 Å². The van der Waals surface area contributed by atoms with Gasteiger partial charge in [-0.3, -0.25) is 9.36 Å². The fraction of sp³-hybridized carbons (Fsp3) is 0.167. The van der Waals surface area contributed by atoms with E-state index in [9.17, 15) is 9.59 Å². The van der Waals surface area contributed by atoms with E-state index in [1.807, 2.05) is 61.5 Å². The summed E-state index contributed by atoms with van der Waals surface area (Å²) in [5.41, 5.74) is 3.05. The van der Waals surface area contributed by atoms with Gasteiger partial charge in [-0.1, -0.05) is 42.1 Å². The first kappa shape index (κ1) is 20.3. The number of aromatic nitrogens is 5. The normalized spacial score (nSPS) is 11.4. The van der Waals surface area contributed by atoms with Crippen LogP contribution in [0.1, 0.15) is 12.0 Å². The second kappa shape index (κ2) is 8.47. The smallest absolute Gasteiger partial charge is 0.306 e. The van der Waals surface area contributed by atoms with Crippen molar-refractivity contribution in [2.45, 2.75) is 25.0 Å². The topological polar surface area (TPSA) is 85.6 Å². The maximum absolute atomic E-state index is 13.3. The third-order valence-electron chi connectivity index (χ3n) is 5.38. The highest BCUT2D eigenvalue weighted by Crippen LogP contribution is 2.23. The van der Waals surface area contributed by atoms with Crippen LogP contribution in [-0.2, 0) is 6.54 Å². The van der Waals surface area contributed by atoms with Crippen LogP contribution < -0.4 is 11.2 Å². The maximum Gasteiger partial charge on any atom is 0.326 e. The number of nitrogens with zero attached hydrogens (tertiary/aromatic N) is 4. The Morgan fingerprint density at radius 1 is 1.00 bits per heavy atom. The summed E-state index contributed by atoms with van der Waals surface area (Å²) >= 11 is 1.50. The molecule has 0 saturated heterocycles. The van der Waals surface area contributed by atoms with Crippen molar-refractivity contribution < 1.29 is 0 Å². The predicted molar refractivity (Wildman–Crippen MR) is 128 cm³/mol. The largest absolute Gasteiger partial charge is 0.326 e. The molecule has 7 nitrogen and oxygen atoms in total. The molecule has 32 heavy (non-hydrogen) atoms. The Balaban J connectivity index is 1.45. The molecule has 160 valence electrons. The molecule has 0 unspecified atom stereocenters. The van der Waals surface area contributed by atoms with Crippen LogP contribution >= 0.6 is 11.8 Å². The number of aryl methyl sites for hydroxylation is 2. The second-order valence-electron chi connectivity index (χ2n) is 7.50. The molecule has 0 spiro atoms. The quantitative estimate of drug-likeness (QED) is 0.244.